The third-order valence-corrected chi connectivity index (χ3v) is 13.1. The van der Waals surface area contributed by atoms with E-state index in [4.69, 9.17) is 14.6 Å². The van der Waals surface area contributed by atoms with Crippen LogP contribution >= 0.6 is 0 Å². The number of aliphatic hydroxyl groups excluding tert-OH is 1. The Bertz CT molecular complexity index is 2950. The van der Waals surface area contributed by atoms with Crippen LogP contribution in [0.2, 0.25) is 0 Å². The van der Waals surface area contributed by atoms with Gasteiger partial charge >= 0.3 is 11.9 Å². The molecule has 0 saturated heterocycles. The standard InChI is InChI=1S/C31H38N2O6.C30H40N2O5.C4H8O/c1-20(2)9-6-10-21(3)11-7-12-22(4)15-16-32-25-17-23(34)18-27(36)30(25)33(19-28(37)39-5)29-24(31(32)38)13-8-14-26(29)35;1-8-37-28(35)19-32-24(7)23(6)30(36)31(26-17-25(33)18-27(34)29(26)32)16-15-22(5)14-10-13-21(4)12-9-11-20(2)3;1-2-3-4-5/h8-9,11,13-15,17-18,34-36H,6-7,10,12,16,19H2,1-5H3;11,13,15,17-18,33-34H,6-10,12,14,16,19H2,1-5H3;2-3,5H,4H2,1H3/b21-11+,22-15+;21-13+,22-15+;3-2-. The summed E-state index contributed by atoms with van der Waals surface area (Å²) in [5.41, 5.74) is 8.75. The highest BCUT2D eigenvalue weighted by Crippen LogP contribution is 2.50. The van der Waals surface area contributed by atoms with Crippen molar-refractivity contribution < 1.29 is 59.3 Å². The summed E-state index contributed by atoms with van der Waals surface area (Å²) < 4.78 is 9.91. The number of methoxy groups -OCH3 is 1. The summed E-state index contributed by atoms with van der Waals surface area (Å²) in [5.74, 6) is -3.38. The van der Waals surface area contributed by atoms with Gasteiger partial charge < -0.3 is 59.7 Å². The first-order valence-electron chi connectivity index (χ1n) is 27.2. The van der Waals surface area contributed by atoms with Crippen molar-refractivity contribution in [3.05, 3.63) is 155 Å². The number of aromatic hydroxyl groups is 5. The number of fused-ring (bicyclic) bond motifs is 3. The Morgan fingerprint density at radius 1 is 0.568 bits per heavy atom. The quantitative estimate of drug-likeness (QED) is 0.0313. The second-order valence-electron chi connectivity index (χ2n) is 20.3. The van der Waals surface area contributed by atoms with Crippen molar-refractivity contribution in [2.24, 2.45) is 0 Å². The molecule has 16 heteroatoms. The molecular weight excluding hydrogens is 1030 g/mol. The molecule has 2 aliphatic heterocycles. The third kappa shape index (κ3) is 20.4. The van der Waals surface area contributed by atoms with Crippen LogP contribution in [0.1, 0.15) is 131 Å². The van der Waals surface area contributed by atoms with Gasteiger partial charge in [0.2, 0.25) is 0 Å². The first kappa shape index (κ1) is 67.0. The molecular formula is C65H86N4O12. The van der Waals surface area contributed by atoms with Crippen molar-refractivity contribution in [2.75, 3.05) is 66.1 Å². The van der Waals surface area contributed by atoms with Gasteiger partial charge in [0, 0.05) is 43.1 Å². The number of ether oxygens (including phenoxy) is 2. The molecule has 0 saturated carbocycles. The Hall–Kier alpha value is -8.24. The average molecular weight is 1120 g/mol. The minimum absolute atomic E-state index is 0.0760. The first-order valence-corrected chi connectivity index (χ1v) is 27.2. The van der Waals surface area contributed by atoms with Crippen LogP contribution in [0.4, 0.5) is 28.4 Å². The molecule has 2 amide bonds. The smallest absolute Gasteiger partial charge is 0.325 e. The number of esters is 2. The average Bonchev–Trinajstić information content (AvgIpc) is 3.87. The largest absolute Gasteiger partial charge is 0.508 e. The fourth-order valence-corrected chi connectivity index (χ4v) is 8.69. The maximum Gasteiger partial charge on any atom is 0.325 e. The number of rotatable bonds is 22. The molecule has 0 radical (unpaired) electrons. The number of aliphatic hydroxyl groups is 1. The Morgan fingerprint density at radius 3 is 1.44 bits per heavy atom. The van der Waals surface area contributed by atoms with E-state index in [-0.39, 0.29) is 113 Å². The maximum atomic E-state index is 13.8. The van der Waals surface area contributed by atoms with E-state index in [9.17, 15) is 44.7 Å². The highest BCUT2D eigenvalue weighted by Gasteiger charge is 2.37. The molecule has 0 atom stereocenters. The number of amides is 2. The van der Waals surface area contributed by atoms with Gasteiger partial charge in [0.1, 0.15) is 53.2 Å². The number of para-hydroxylation sites is 1. The van der Waals surface area contributed by atoms with E-state index in [1.54, 1.807) is 31.2 Å². The number of phenols is 5. The van der Waals surface area contributed by atoms with Crippen LogP contribution in [0.5, 0.6) is 28.7 Å². The van der Waals surface area contributed by atoms with E-state index < -0.39 is 23.8 Å². The predicted molar refractivity (Wildman–Crippen MR) is 326 cm³/mol. The second kappa shape index (κ2) is 33.4. The normalized spacial score (nSPS) is 13.7. The maximum absolute atomic E-state index is 13.8. The van der Waals surface area contributed by atoms with Crippen molar-refractivity contribution in [3.8, 4) is 28.7 Å². The highest BCUT2D eigenvalue weighted by atomic mass is 16.5. The number of carbonyl (C=O) groups excluding carboxylic acids is 4. The van der Waals surface area contributed by atoms with Gasteiger partial charge in [0.25, 0.3) is 11.8 Å². The van der Waals surface area contributed by atoms with Crippen LogP contribution in [0.25, 0.3) is 0 Å². The van der Waals surface area contributed by atoms with Gasteiger partial charge in [-0.1, -0.05) is 101 Å². The Balaban J connectivity index is 0.000000393. The summed E-state index contributed by atoms with van der Waals surface area (Å²) >= 11 is 0. The number of anilines is 5. The Kier molecular flexibility index (Phi) is 27.6. The molecule has 5 rings (SSSR count). The van der Waals surface area contributed by atoms with Crippen molar-refractivity contribution in [1.29, 1.82) is 0 Å². The fourth-order valence-electron chi connectivity index (χ4n) is 8.69. The molecule has 0 bridgehead atoms. The number of hydrogen-bond acceptors (Lipinski definition) is 14. The Morgan fingerprint density at radius 2 is 1.01 bits per heavy atom. The second-order valence-corrected chi connectivity index (χ2v) is 20.3. The molecule has 438 valence electrons. The van der Waals surface area contributed by atoms with Crippen molar-refractivity contribution in [3.63, 3.8) is 0 Å². The SMILES string of the molecule is C/C=C\CO.C=C1C(=C)N(CC(=O)OCC)c2c(O)cc(O)cc2N(C/C=C(\C)CC/C=C(\C)CCC=C(C)C)C1=O.COC(=O)CN1c2c(O)cccc2C(=O)N(C/C=C(\C)CC/C=C(\C)CCC=C(C)C)c2cc(O)cc(O)c21. The van der Waals surface area contributed by atoms with Crippen LogP contribution in [-0.4, -0.2) is 101 Å². The highest BCUT2D eigenvalue weighted by molar-refractivity contribution is 6.16. The molecule has 0 aliphatic carbocycles. The van der Waals surface area contributed by atoms with Crippen LogP contribution < -0.4 is 19.6 Å². The van der Waals surface area contributed by atoms with Crippen LogP contribution in [0.3, 0.4) is 0 Å². The zero-order chi connectivity index (χ0) is 60.5. The van der Waals surface area contributed by atoms with Gasteiger partial charge in [-0.05, 0) is 133 Å². The number of benzene rings is 3. The van der Waals surface area contributed by atoms with Crippen molar-refractivity contribution >= 4 is 52.2 Å². The summed E-state index contributed by atoms with van der Waals surface area (Å²) in [6.07, 6.45) is 23.9. The molecule has 6 N–H and O–H groups in total. The third-order valence-electron chi connectivity index (χ3n) is 13.1. The van der Waals surface area contributed by atoms with Crippen molar-refractivity contribution in [2.45, 2.75) is 121 Å². The van der Waals surface area contributed by atoms with E-state index in [1.165, 1.54) is 67.2 Å². The summed E-state index contributed by atoms with van der Waals surface area (Å²) in [7, 11) is 1.23. The molecule has 2 heterocycles. The molecule has 2 aliphatic rings. The summed E-state index contributed by atoms with van der Waals surface area (Å²) in [5, 5.41) is 60.8. The van der Waals surface area contributed by atoms with E-state index >= 15 is 0 Å². The van der Waals surface area contributed by atoms with Crippen LogP contribution in [0.15, 0.2) is 149 Å². The van der Waals surface area contributed by atoms with Crippen LogP contribution in [0, 0.1) is 0 Å². The molecule has 3 aromatic rings. The van der Waals surface area contributed by atoms with E-state index in [2.05, 4.69) is 79.0 Å². The number of nitrogens with zero attached hydrogens (tertiary/aromatic N) is 4. The van der Waals surface area contributed by atoms with E-state index in [0.29, 0.717) is 0 Å². The summed E-state index contributed by atoms with van der Waals surface area (Å²) in [4.78, 5) is 57.4. The number of phenolic OH excluding ortho intramolecular Hbond substituents is 5. The minimum atomic E-state index is -0.636. The molecule has 0 fully saturated rings. The molecule has 0 spiro atoms. The minimum Gasteiger partial charge on any atom is -0.508 e. The van der Waals surface area contributed by atoms with Gasteiger partial charge in [-0.3, -0.25) is 19.2 Å². The molecule has 3 aromatic carbocycles. The molecule has 81 heavy (non-hydrogen) atoms. The van der Waals surface area contributed by atoms with Gasteiger partial charge in [0.05, 0.1) is 48.5 Å². The van der Waals surface area contributed by atoms with E-state index in [0.717, 1.165) is 74.6 Å². The monoisotopic (exact) mass is 1110 g/mol. The zero-order valence-corrected chi connectivity index (χ0v) is 49.4. The van der Waals surface area contributed by atoms with E-state index in [1.807, 2.05) is 32.9 Å². The lowest BCUT2D eigenvalue weighted by molar-refractivity contribution is -0.141. The topological polar surface area (TPSA) is 221 Å². The molecule has 0 unspecified atom stereocenters. The molecule has 0 aromatic heterocycles. The Labute approximate surface area is 479 Å². The van der Waals surface area contributed by atoms with Gasteiger partial charge in [-0.2, -0.15) is 0 Å². The molecule has 16 nitrogen and oxygen atoms in total. The number of hydrogen-bond donors (Lipinski definition) is 6. The lowest BCUT2D eigenvalue weighted by Crippen LogP contribution is -2.32. The summed E-state index contributed by atoms with van der Waals surface area (Å²) in [6.45, 7) is 28.2. The van der Waals surface area contributed by atoms with Gasteiger partial charge in [-0.15, -0.1) is 0 Å². The summed E-state index contributed by atoms with van der Waals surface area (Å²) in [6, 6.07) is 9.54. The fraction of sp³-hybridized carbons (Fsp3) is 0.385. The zero-order valence-electron chi connectivity index (χ0n) is 49.4. The first-order chi connectivity index (χ1) is 38.4. The predicted octanol–water partition coefficient (Wildman–Crippen LogP) is 13.4. The number of allylic oxidation sites excluding steroid dienone is 11. The van der Waals surface area contributed by atoms with Crippen molar-refractivity contribution in [1.82, 2.24) is 0 Å². The number of carbonyl (C=O) groups is 4. The lowest BCUT2D eigenvalue weighted by Gasteiger charge is -2.27. The van der Waals surface area contributed by atoms with Gasteiger partial charge in [0.15, 0.2) is 0 Å². The van der Waals surface area contributed by atoms with Gasteiger partial charge in [-0.25, -0.2) is 0 Å². The lowest BCUT2D eigenvalue weighted by atomic mass is 10.1. The van der Waals surface area contributed by atoms with Crippen LogP contribution in [-0.2, 0) is 23.9 Å².